The Kier molecular flexibility index (Phi) is 5.52. The van der Waals surface area contributed by atoms with E-state index in [1.807, 2.05) is 38.1 Å². The number of benzene rings is 2. The van der Waals surface area contributed by atoms with Crippen LogP contribution >= 0.6 is 0 Å². The van der Waals surface area contributed by atoms with E-state index in [1.165, 1.54) is 12.1 Å². The van der Waals surface area contributed by atoms with Crippen LogP contribution in [0.1, 0.15) is 16.7 Å². The maximum atomic E-state index is 12.3. The van der Waals surface area contributed by atoms with Crippen LogP contribution in [0.4, 0.5) is 11.4 Å². The molecule has 1 amide bonds. The molecule has 0 saturated heterocycles. The van der Waals surface area contributed by atoms with Crippen LogP contribution in [0.3, 0.4) is 0 Å². The first kappa shape index (κ1) is 17.5. The molecule has 0 aliphatic heterocycles. The highest BCUT2D eigenvalue weighted by molar-refractivity contribution is 5.81. The summed E-state index contributed by atoms with van der Waals surface area (Å²) in [6, 6.07) is 12.5. The molecule has 0 radical (unpaired) electrons. The van der Waals surface area contributed by atoms with Crippen molar-refractivity contribution in [2.45, 2.75) is 20.4 Å². The highest BCUT2D eigenvalue weighted by Crippen LogP contribution is 2.21. The number of nitro groups is 1. The van der Waals surface area contributed by atoms with Gasteiger partial charge in [0.1, 0.15) is 0 Å². The highest BCUT2D eigenvalue weighted by Gasteiger charge is 2.13. The van der Waals surface area contributed by atoms with Gasteiger partial charge in [-0.25, -0.2) is 0 Å². The summed E-state index contributed by atoms with van der Waals surface area (Å²) >= 11 is 0. The van der Waals surface area contributed by atoms with Crippen molar-refractivity contribution in [2.75, 3.05) is 18.9 Å². The van der Waals surface area contributed by atoms with E-state index in [0.717, 1.165) is 16.7 Å². The molecule has 2 rings (SSSR count). The molecule has 24 heavy (non-hydrogen) atoms. The zero-order chi connectivity index (χ0) is 17.7. The zero-order valence-corrected chi connectivity index (χ0v) is 14.1. The molecule has 0 bridgehead atoms. The van der Waals surface area contributed by atoms with Crippen LogP contribution in [0.15, 0.2) is 42.5 Å². The van der Waals surface area contributed by atoms with Gasteiger partial charge in [-0.2, -0.15) is 0 Å². The SMILES string of the molecule is Cc1ccccc1CN(C)C(=O)CNc1cc([N+](=O)[O-])ccc1C. The molecule has 0 aliphatic carbocycles. The van der Waals surface area contributed by atoms with Gasteiger partial charge in [-0.1, -0.05) is 30.3 Å². The summed E-state index contributed by atoms with van der Waals surface area (Å²) in [4.78, 5) is 24.3. The lowest BCUT2D eigenvalue weighted by Crippen LogP contribution is -2.32. The molecule has 0 aromatic heterocycles. The van der Waals surface area contributed by atoms with Gasteiger partial charge in [-0.15, -0.1) is 0 Å². The average Bonchev–Trinajstić information content (AvgIpc) is 2.55. The van der Waals surface area contributed by atoms with Crippen molar-refractivity contribution in [3.63, 3.8) is 0 Å². The molecule has 1 N–H and O–H groups in total. The van der Waals surface area contributed by atoms with E-state index in [0.29, 0.717) is 12.2 Å². The van der Waals surface area contributed by atoms with Gasteiger partial charge in [0, 0.05) is 31.4 Å². The van der Waals surface area contributed by atoms with Crippen LogP contribution in [-0.4, -0.2) is 29.3 Å². The van der Waals surface area contributed by atoms with Gasteiger partial charge < -0.3 is 10.2 Å². The number of carbonyl (C=O) groups excluding carboxylic acids is 1. The first-order valence-corrected chi connectivity index (χ1v) is 7.66. The van der Waals surface area contributed by atoms with Crippen LogP contribution in [0.5, 0.6) is 0 Å². The summed E-state index contributed by atoms with van der Waals surface area (Å²) in [5, 5.41) is 13.8. The van der Waals surface area contributed by atoms with Crippen LogP contribution < -0.4 is 5.32 Å². The van der Waals surface area contributed by atoms with E-state index in [9.17, 15) is 14.9 Å². The van der Waals surface area contributed by atoms with Gasteiger partial charge in [0.25, 0.3) is 5.69 Å². The predicted octanol–water partition coefficient (Wildman–Crippen LogP) is 3.28. The summed E-state index contributed by atoms with van der Waals surface area (Å²) in [6.45, 7) is 4.47. The molecule has 0 saturated carbocycles. The quantitative estimate of drug-likeness (QED) is 0.652. The van der Waals surface area contributed by atoms with Gasteiger partial charge in [-0.05, 0) is 30.5 Å². The van der Waals surface area contributed by atoms with Crippen molar-refractivity contribution < 1.29 is 9.72 Å². The van der Waals surface area contributed by atoms with E-state index >= 15 is 0 Å². The molecule has 2 aromatic carbocycles. The molecular weight excluding hydrogens is 306 g/mol. The Labute approximate surface area is 141 Å². The molecule has 0 aliphatic rings. The van der Waals surface area contributed by atoms with Crippen molar-refractivity contribution in [3.05, 3.63) is 69.3 Å². The zero-order valence-electron chi connectivity index (χ0n) is 14.1. The van der Waals surface area contributed by atoms with Crippen LogP contribution in [0.25, 0.3) is 0 Å². The average molecular weight is 327 g/mol. The van der Waals surface area contributed by atoms with E-state index in [1.54, 1.807) is 18.0 Å². The van der Waals surface area contributed by atoms with Gasteiger partial charge in [0.05, 0.1) is 11.5 Å². The Morgan fingerprint density at radius 2 is 1.88 bits per heavy atom. The fourth-order valence-corrected chi connectivity index (χ4v) is 2.35. The van der Waals surface area contributed by atoms with Crippen LogP contribution in [0.2, 0.25) is 0 Å². The minimum Gasteiger partial charge on any atom is -0.376 e. The molecule has 0 spiro atoms. The topological polar surface area (TPSA) is 75.5 Å². The van der Waals surface area contributed by atoms with Gasteiger partial charge in [0.2, 0.25) is 5.91 Å². The molecule has 2 aromatic rings. The third-order valence-electron chi connectivity index (χ3n) is 3.96. The Morgan fingerprint density at radius 3 is 2.54 bits per heavy atom. The maximum absolute atomic E-state index is 12.3. The van der Waals surface area contributed by atoms with Gasteiger partial charge >= 0.3 is 0 Å². The number of amides is 1. The second-order valence-electron chi connectivity index (χ2n) is 5.79. The second-order valence-corrected chi connectivity index (χ2v) is 5.79. The van der Waals surface area contributed by atoms with Crippen molar-refractivity contribution in [2.24, 2.45) is 0 Å². The molecule has 126 valence electrons. The maximum Gasteiger partial charge on any atom is 0.271 e. The Bertz CT molecular complexity index is 759. The first-order valence-electron chi connectivity index (χ1n) is 7.66. The number of nitro benzene ring substituents is 1. The molecular formula is C18H21N3O3. The largest absolute Gasteiger partial charge is 0.376 e. The van der Waals surface area contributed by atoms with Crippen LogP contribution in [-0.2, 0) is 11.3 Å². The Morgan fingerprint density at radius 1 is 1.17 bits per heavy atom. The lowest BCUT2D eigenvalue weighted by atomic mass is 10.1. The summed E-state index contributed by atoms with van der Waals surface area (Å²) in [5.41, 5.74) is 3.69. The highest BCUT2D eigenvalue weighted by atomic mass is 16.6. The summed E-state index contributed by atoms with van der Waals surface area (Å²) in [5.74, 6) is -0.0795. The molecule has 6 nitrogen and oxygen atoms in total. The van der Waals surface area contributed by atoms with Gasteiger partial charge in [-0.3, -0.25) is 14.9 Å². The summed E-state index contributed by atoms with van der Waals surface area (Å²) < 4.78 is 0. The Hall–Kier alpha value is -2.89. The Balaban J connectivity index is 1.99. The number of nitrogens with one attached hydrogen (secondary N) is 1. The minimum atomic E-state index is -0.448. The molecule has 0 fully saturated rings. The molecule has 0 atom stereocenters. The first-order chi connectivity index (χ1) is 11.4. The van der Waals surface area contributed by atoms with Crippen molar-refractivity contribution in [1.29, 1.82) is 0 Å². The predicted molar refractivity (Wildman–Crippen MR) is 94.0 cm³/mol. The molecule has 6 heteroatoms. The number of carbonyl (C=O) groups is 1. The lowest BCUT2D eigenvalue weighted by molar-refractivity contribution is -0.384. The standard InChI is InChI=1S/C18H21N3O3/c1-13-6-4-5-7-15(13)12-20(3)18(22)11-19-17-10-16(21(23)24)9-8-14(17)2/h4-10,19H,11-12H2,1-3H3. The van der Waals surface area contributed by atoms with Gasteiger partial charge in [0.15, 0.2) is 0 Å². The number of hydrogen-bond donors (Lipinski definition) is 1. The number of rotatable bonds is 6. The monoisotopic (exact) mass is 327 g/mol. The number of nitrogens with zero attached hydrogens (tertiary/aromatic N) is 2. The third kappa shape index (κ3) is 4.32. The minimum absolute atomic E-state index is 0.00353. The summed E-state index contributed by atoms with van der Waals surface area (Å²) in [6.07, 6.45) is 0. The smallest absolute Gasteiger partial charge is 0.271 e. The lowest BCUT2D eigenvalue weighted by Gasteiger charge is -2.19. The third-order valence-corrected chi connectivity index (χ3v) is 3.96. The number of non-ortho nitro benzene ring substituents is 1. The van der Waals surface area contributed by atoms with Crippen molar-refractivity contribution in [1.82, 2.24) is 4.90 Å². The number of hydrogen-bond acceptors (Lipinski definition) is 4. The second kappa shape index (κ2) is 7.59. The fraction of sp³-hybridized carbons (Fsp3) is 0.278. The van der Waals surface area contributed by atoms with E-state index in [-0.39, 0.29) is 18.1 Å². The van der Waals surface area contributed by atoms with E-state index < -0.39 is 4.92 Å². The number of anilines is 1. The van der Waals surface area contributed by atoms with Crippen molar-refractivity contribution in [3.8, 4) is 0 Å². The molecule has 0 unspecified atom stereocenters. The fourth-order valence-electron chi connectivity index (χ4n) is 2.35. The number of aryl methyl sites for hydroxylation is 2. The van der Waals surface area contributed by atoms with E-state index in [2.05, 4.69) is 5.32 Å². The van der Waals surface area contributed by atoms with Crippen LogP contribution in [0, 0.1) is 24.0 Å². The number of likely N-dealkylation sites (N-methyl/N-ethyl adjacent to an activating group) is 1. The summed E-state index contributed by atoms with van der Waals surface area (Å²) in [7, 11) is 1.75. The normalized spacial score (nSPS) is 10.3. The van der Waals surface area contributed by atoms with E-state index in [4.69, 9.17) is 0 Å². The van der Waals surface area contributed by atoms with Crippen molar-refractivity contribution >= 4 is 17.3 Å². The molecule has 0 heterocycles.